The van der Waals surface area contributed by atoms with E-state index in [-0.39, 0.29) is 0 Å². The van der Waals surface area contributed by atoms with Gasteiger partial charge < -0.3 is 5.32 Å². The van der Waals surface area contributed by atoms with Gasteiger partial charge in [-0.25, -0.2) is 0 Å². The quantitative estimate of drug-likeness (QED) is 0.568. The fraction of sp³-hybridized carbons (Fsp3) is 0.571. The molecule has 0 aliphatic carbocycles. The van der Waals surface area contributed by atoms with Crippen LogP contribution in [0.25, 0.3) is 0 Å². The molecule has 0 radical (unpaired) electrons. The van der Waals surface area contributed by atoms with Gasteiger partial charge in [0.1, 0.15) is 0 Å². The summed E-state index contributed by atoms with van der Waals surface area (Å²) >= 11 is 5.77. The van der Waals surface area contributed by atoms with Crippen molar-refractivity contribution in [1.29, 1.82) is 0 Å². The number of benzene rings is 1. The van der Waals surface area contributed by atoms with Gasteiger partial charge in [0.2, 0.25) is 0 Å². The number of nitrogens with one attached hydrogen (secondary N) is 1. The molecule has 0 spiro atoms. The molecule has 1 aromatic carbocycles. The summed E-state index contributed by atoms with van der Waals surface area (Å²) in [6.07, 6.45) is 2.16. The van der Waals surface area contributed by atoms with Gasteiger partial charge in [-0.2, -0.15) is 0 Å². The van der Waals surface area contributed by atoms with Crippen molar-refractivity contribution in [2.24, 2.45) is 5.41 Å². The first kappa shape index (κ1) is 13.5. The molecule has 0 amide bonds. The number of halogens is 1. The van der Waals surface area contributed by atoms with Crippen molar-refractivity contribution < 1.29 is 0 Å². The molecular formula is C14H22ClN. The Kier molecular flexibility index (Phi) is 5.86. The van der Waals surface area contributed by atoms with Crippen LogP contribution >= 0.6 is 11.6 Å². The van der Waals surface area contributed by atoms with Crippen molar-refractivity contribution in [3.8, 4) is 0 Å². The summed E-state index contributed by atoms with van der Waals surface area (Å²) in [6, 6.07) is 10.6. The van der Waals surface area contributed by atoms with E-state index in [0.717, 1.165) is 31.8 Å². The highest BCUT2D eigenvalue weighted by Gasteiger charge is 2.15. The van der Waals surface area contributed by atoms with Gasteiger partial charge in [-0.3, -0.25) is 0 Å². The molecule has 90 valence electrons. The van der Waals surface area contributed by atoms with Gasteiger partial charge in [-0.05, 0) is 30.4 Å². The molecule has 0 aliphatic heterocycles. The molecule has 1 aromatic rings. The lowest BCUT2D eigenvalue weighted by atomic mass is 9.90. The number of alkyl halides is 1. The molecule has 0 fully saturated rings. The third-order valence-electron chi connectivity index (χ3n) is 2.81. The molecule has 1 N–H and O–H groups in total. The molecule has 0 unspecified atom stereocenters. The van der Waals surface area contributed by atoms with E-state index in [4.69, 9.17) is 11.6 Å². The molecule has 0 atom stereocenters. The third-order valence-corrected chi connectivity index (χ3v) is 3.00. The van der Waals surface area contributed by atoms with Crippen LogP contribution in [-0.2, 0) is 6.42 Å². The summed E-state index contributed by atoms with van der Waals surface area (Å²) < 4.78 is 0. The minimum atomic E-state index is 0.304. The molecule has 0 heterocycles. The highest BCUT2D eigenvalue weighted by molar-refractivity contribution is 6.17. The number of rotatable bonds is 7. The van der Waals surface area contributed by atoms with E-state index in [0.29, 0.717) is 5.41 Å². The second kappa shape index (κ2) is 6.93. The van der Waals surface area contributed by atoms with Crippen LogP contribution in [0.5, 0.6) is 0 Å². The van der Waals surface area contributed by atoms with Gasteiger partial charge in [0.25, 0.3) is 0 Å². The zero-order valence-electron chi connectivity index (χ0n) is 10.3. The van der Waals surface area contributed by atoms with E-state index >= 15 is 0 Å². The van der Waals surface area contributed by atoms with Crippen LogP contribution in [0, 0.1) is 5.41 Å². The lowest BCUT2D eigenvalue weighted by Crippen LogP contribution is -2.31. The summed E-state index contributed by atoms with van der Waals surface area (Å²) in [5.41, 5.74) is 1.70. The van der Waals surface area contributed by atoms with Crippen molar-refractivity contribution in [2.45, 2.75) is 26.7 Å². The van der Waals surface area contributed by atoms with Gasteiger partial charge in [0, 0.05) is 12.4 Å². The van der Waals surface area contributed by atoms with E-state index in [2.05, 4.69) is 49.5 Å². The monoisotopic (exact) mass is 239 g/mol. The smallest absolute Gasteiger partial charge is 0.0229 e. The van der Waals surface area contributed by atoms with Crippen LogP contribution in [0.3, 0.4) is 0 Å². The fourth-order valence-electron chi connectivity index (χ4n) is 1.65. The van der Waals surface area contributed by atoms with Crippen LogP contribution < -0.4 is 5.32 Å². The maximum atomic E-state index is 5.77. The number of hydrogen-bond donors (Lipinski definition) is 1. The van der Waals surface area contributed by atoms with Gasteiger partial charge in [-0.15, -0.1) is 11.6 Å². The van der Waals surface area contributed by atoms with Crippen molar-refractivity contribution in [2.75, 3.05) is 19.0 Å². The van der Waals surface area contributed by atoms with Gasteiger partial charge >= 0.3 is 0 Å². The molecule has 1 nitrogen and oxygen atoms in total. The predicted octanol–water partition coefficient (Wildman–Crippen LogP) is 3.47. The molecule has 1 rings (SSSR count). The standard InChI is InChI=1S/C14H22ClN/c1-14(2,9-10-15)12-16-11-8-13-6-4-3-5-7-13/h3-7,16H,8-12H2,1-2H3. The highest BCUT2D eigenvalue weighted by atomic mass is 35.5. The van der Waals surface area contributed by atoms with Crippen molar-refractivity contribution in [3.05, 3.63) is 35.9 Å². The van der Waals surface area contributed by atoms with Gasteiger partial charge in [0.15, 0.2) is 0 Å². The molecule has 0 bridgehead atoms. The predicted molar refractivity (Wildman–Crippen MR) is 72.1 cm³/mol. The molecule has 0 aromatic heterocycles. The lowest BCUT2D eigenvalue weighted by Gasteiger charge is -2.23. The Morgan fingerprint density at radius 3 is 2.50 bits per heavy atom. The first-order chi connectivity index (χ1) is 7.64. The molecule has 2 heteroatoms. The van der Waals surface area contributed by atoms with Gasteiger partial charge in [-0.1, -0.05) is 44.2 Å². The van der Waals surface area contributed by atoms with Crippen LogP contribution in [0.15, 0.2) is 30.3 Å². The molecular weight excluding hydrogens is 218 g/mol. The molecule has 0 saturated carbocycles. The highest BCUT2D eigenvalue weighted by Crippen LogP contribution is 2.19. The van der Waals surface area contributed by atoms with E-state index in [1.165, 1.54) is 5.56 Å². The Bertz CT molecular complexity index is 282. The Morgan fingerprint density at radius 1 is 1.19 bits per heavy atom. The van der Waals surface area contributed by atoms with Crippen LogP contribution in [0.2, 0.25) is 0 Å². The van der Waals surface area contributed by atoms with Crippen LogP contribution in [0.4, 0.5) is 0 Å². The van der Waals surface area contributed by atoms with Crippen molar-refractivity contribution in [3.63, 3.8) is 0 Å². The average molecular weight is 240 g/mol. The fourth-order valence-corrected chi connectivity index (χ4v) is 2.16. The van der Waals surface area contributed by atoms with E-state index in [1.807, 2.05) is 0 Å². The SMILES string of the molecule is CC(C)(CCCl)CNCCc1ccccc1. The maximum absolute atomic E-state index is 5.77. The maximum Gasteiger partial charge on any atom is 0.0229 e. The second-order valence-corrected chi connectivity index (χ2v) is 5.39. The summed E-state index contributed by atoms with van der Waals surface area (Å²) in [7, 11) is 0. The molecule has 0 aliphatic rings. The Hall–Kier alpha value is -0.530. The lowest BCUT2D eigenvalue weighted by molar-refractivity contribution is 0.331. The first-order valence-corrected chi connectivity index (χ1v) is 6.48. The van der Waals surface area contributed by atoms with E-state index in [9.17, 15) is 0 Å². The average Bonchev–Trinajstić information content (AvgIpc) is 2.26. The zero-order valence-corrected chi connectivity index (χ0v) is 11.1. The second-order valence-electron chi connectivity index (χ2n) is 5.02. The van der Waals surface area contributed by atoms with Crippen LogP contribution in [0.1, 0.15) is 25.8 Å². The minimum Gasteiger partial charge on any atom is -0.316 e. The van der Waals surface area contributed by atoms with E-state index in [1.54, 1.807) is 0 Å². The van der Waals surface area contributed by atoms with E-state index < -0.39 is 0 Å². The Balaban J connectivity index is 2.17. The van der Waals surface area contributed by atoms with Crippen molar-refractivity contribution >= 4 is 11.6 Å². The molecule has 16 heavy (non-hydrogen) atoms. The van der Waals surface area contributed by atoms with Gasteiger partial charge in [0.05, 0.1) is 0 Å². The summed E-state index contributed by atoms with van der Waals surface area (Å²) in [5.74, 6) is 0.743. The van der Waals surface area contributed by atoms with Crippen molar-refractivity contribution in [1.82, 2.24) is 5.32 Å². The third kappa shape index (κ3) is 5.53. The largest absolute Gasteiger partial charge is 0.316 e. The minimum absolute atomic E-state index is 0.304. The summed E-state index contributed by atoms with van der Waals surface area (Å²) in [4.78, 5) is 0. The Morgan fingerprint density at radius 2 is 1.88 bits per heavy atom. The number of hydrogen-bond acceptors (Lipinski definition) is 1. The zero-order chi connectivity index (χ0) is 11.9. The first-order valence-electron chi connectivity index (χ1n) is 5.95. The summed E-state index contributed by atoms with van der Waals surface area (Å²) in [6.45, 7) is 6.58. The Labute approximate surface area is 104 Å². The summed E-state index contributed by atoms with van der Waals surface area (Å²) in [5, 5.41) is 3.50. The molecule has 0 saturated heterocycles. The topological polar surface area (TPSA) is 12.0 Å². The normalized spacial score (nSPS) is 11.7. The van der Waals surface area contributed by atoms with Crippen LogP contribution in [-0.4, -0.2) is 19.0 Å².